The van der Waals surface area contributed by atoms with Crippen molar-refractivity contribution < 1.29 is 9.50 Å². The second-order valence-corrected chi connectivity index (χ2v) is 7.18. The second-order valence-electron chi connectivity index (χ2n) is 6.33. The fourth-order valence-electron chi connectivity index (χ4n) is 3.28. The van der Waals surface area contributed by atoms with Crippen LogP contribution in [0, 0.1) is 29.5 Å². The minimum absolute atomic E-state index is 0.324. The van der Waals surface area contributed by atoms with Crippen LogP contribution in [-0.2, 0) is 0 Å². The van der Waals surface area contributed by atoms with Gasteiger partial charge in [-0.2, -0.15) is 0 Å². The molecule has 3 heteroatoms. The summed E-state index contributed by atoms with van der Waals surface area (Å²) in [5.74, 6) is 6.87. The highest BCUT2D eigenvalue weighted by molar-refractivity contribution is 9.10. The molecule has 1 fully saturated rings. The summed E-state index contributed by atoms with van der Waals surface area (Å²) >= 11 is 3.12. The van der Waals surface area contributed by atoms with Crippen molar-refractivity contribution >= 4 is 15.9 Å². The molecule has 0 radical (unpaired) electrons. The molecule has 1 aliphatic carbocycles. The van der Waals surface area contributed by atoms with Gasteiger partial charge in [0.1, 0.15) is 11.9 Å². The molecule has 0 saturated heterocycles. The molecule has 1 aliphatic rings. The van der Waals surface area contributed by atoms with E-state index in [1.54, 1.807) is 12.1 Å². The predicted octanol–water partition coefficient (Wildman–Crippen LogP) is 5.30. The van der Waals surface area contributed by atoms with E-state index in [1.807, 2.05) is 0 Å². The van der Waals surface area contributed by atoms with Crippen molar-refractivity contribution in [3.63, 3.8) is 0 Å². The predicted molar refractivity (Wildman–Crippen MR) is 92.0 cm³/mol. The summed E-state index contributed by atoms with van der Waals surface area (Å²) in [7, 11) is 0. The van der Waals surface area contributed by atoms with Crippen LogP contribution in [0.3, 0.4) is 0 Å². The lowest BCUT2D eigenvalue weighted by atomic mass is 9.78. The third-order valence-corrected chi connectivity index (χ3v) is 5.17. The standard InChI is InChI=1S/C19H24BrFO/c1-2-3-14-4-6-15(7-5-14)12-17(22)10-8-16-9-11-18(20)19(21)13-16/h9,11,13-15,17,22H,2-7,12H2,1H3/t14-,15-,17?. The zero-order valence-electron chi connectivity index (χ0n) is 13.1. The van der Waals surface area contributed by atoms with Crippen LogP contribution in [-0.4, -0.2) is 11.2 Å². The van der Waals surface area contributed by atoms with E-state index in [4.69, 9.17) is 0 Å². The topological polar surface area (TPSA) is 20.2 Å². The smallest absolute Gasteiger partial charge is 0.138 e. The molecule has 1 saturated carbocycles. The lowest BCUT2D eigenvalue weighted by molar-refractivity contribution is 0.162. The van der Waals surface area contributed by atoms with Gasteiger partial charge < -0.3 is 5.11 Å². The number of aliphatic hydroxyl groups excluding tert-OH is 1. The van der Waals surface area contributed by atoms with Gasteiger partial charge in [-0.05, 0) is 52.4 Å². The van der Waals surface area contributed by atoms with Crippen molar-refractivity contribution in [2.24, 2.45) is 11.8 Å². The van der Waals surface area contributed by atoms with Crippen LogP contribution in [0.4, 0.5) is 4.39 Å². The maximum Gasteiger partial charge on any atom is 0.138 e. The van der Waals surface area contributed by atoms with Gasteiger partial charge in [-0.25, -0.2) is 4.39 Å². The summed E-state index contributed by atoms with van der Waals surface area (Å²) in [6, 6.07) is 4.78. The SMILES string of the molecule is CCC[C@H]1CC[C@H](CC(O)C#Cc2ccc(Br)c(F)c2)CC1. The third kappa shape index (κ3) is 5.41. The monoisotopic (exact) mass is 366 g/mol. The van der Waals surface area contributed by atoms with Crippen molar-refractivity contribution in [1.29, 1.82) is 0 Å². The van der Waals surface area contributed by atoms with Gasteiger partial charge in [0.2, 0.25) is 0 Å². The minimum Gasteiger partial charge on any atom is -0.380 e. The summed E-state index contributed by atoms with van der Waals surface area (Å²) in [5, 5.41) is 10.1. The van der Waals surface area contributed by atoms with Crippen molar-refractivity contribution in [2.75, 3.05) is 0 Å². The van der Waals surface area contributed by atoms with E-state index in [9.17, 15) is 9.50 Å². The largest absolute Gasteiger partial charge is 0.380 e. The average Bonchev–Trinajstić information content (AvgIpc) is 2.51. The fourth-order valence-corrected chi connectivity index (χ4v) is 3.53. The number of benzene rings is 1. The maximum absolute atomic E-state index is 13.4. The quantitative estimate of drug-likeness (QED) is 0.717. The van der Waals surface area contributed by atoms with Crippen LogP contribution in [0.5, 0.6) is 0 Å². The lowest BCUT2D eigenvalue weighted by Gasteiger charge is -2.28. The molecule has 0 spiro atoms. The van der Waals surface area contributed by atoms with Gasteiger partial charge in [0.15, 0.2) is 0 Å². The van der Waals surface area contributed by atoms with Gasteiger partial charge in [0, 0.05) is 5.56 Å². The normalized spacial score (nSPS) is 22.7. The Morgan fingerprint density at radius 2 is 1.95 bits per heavy atom. The zero-order valence-corrected chi connectivity index (χ0v) is 14.7. The van der Waals surface area contributed by atoms with Gasteiger partial charge >= 0.3 is 0 Å². The average molecular weight is 367 g/mol. The third-order valence-electron chi connectivity index (χ3n) is 4.52. The summed E-state index contributed by atoms with van der Waals surface area (Å²) in [4.78, 5) is 0. The minimum atomic E-state index is -0.612. The molecule has 22 heavy (non-hydrogen) atoms. The molecule has 2 rings (SSSR count). The Balaban J connectivity index is 1.82. The molecule has 0 aliphatic heterocycles. The van der Waals surface area contributed by atoms with E-state index >= 15 is 0 Å². The molecule has 0 aromatic heterocycles. The van der Waals surface area contributed by atoms with Crippen molar-refractivity contribution in [3.05, 3.63) is 34.1 Å². The summed E-state index contributed by atoms with van der Waals surface area (Å²) in [6.45, 7) is 2.25. The van der Waals surface area contributed by atoms with Gasteiger partial charge in [-0.15, -0.1) is 0 Å². The van der Waals surface area contributed by atoms with Crippen LogP contribution >= 0.6 is 15.9 Å². The first-order valence-corrected chi connectivity index (χ1v) is 9.02. The fraction of sp³-hybridized carbons (Fsp3) is 0.579. The molecule has 1 aromatic rings. The van der Waals surface area contributed by atoms with Crippen molar-refractivity contribution in [1.82, 2.24) is 0 Å². The maximum atomic E-state index is 13.4. The van der Waals surface area contributed by atoms with E-state index in [-0.39, 0.29) is 5.82 Å². The van der Waals surface area contributed by atoms with E-state index in [0.29, 0.717) is 16.0 Å². The van der Waals surface area contributed by atoms with Crippen molar-refractivity contribution in [2.45, 2.75) is 58.0 Å². The molecule has 1 atom stereocenters. The number of hydrogen-bond donors (Lipinski definition) is 1. The van der Waals surface area contributed by atoms with E-state index < -0.39 is 6.10 Å². The van der Waals surface area contributed by atoms with Gasteiger partial charge in [0.25, 0.3) is 0 Å². The number of halogens is 2. The van der Waals surface area contributed by atoms with E-state index in [1.165, 1.54) is 44.6 Å². The number of aliphatic hydroxyl groups is 1. The second kappa shape index (κ2) is 8.70. The van der Waals surface area contributed by atoms with Gasteiger partial charge in [0.05, 0.1) is 4.47 Å². The Bertz CT molecular complexity index is 538. The molecule has 0 amide bonds. The highest BCUT2D eigenvalue weighted by atomic mass is 79.9. The molecule has 1 nitrogen and oxygen atoms in total. The molecule has 0 bridgehead atoms. The van der Waals surface area contributed by atoms with Crippen LogP contribution in [0.15, 0.2) is 22.7 Å². The Kier molecular flexibility index (Phi) is 6.92. The van der Waals surface area contributed by atoms with Crippen LogP contribution < -0.4 is 0 Å². The Morgan fingerprint density at radius 1 is 1.27 bits per heavy atom. The summed E-state index contributed by atoms with van der Waals surface area (Å²) in [6.07, 6.45) is 7.72. The Labute approximate surface area is 141 Å². The van der Waals surface area contributed by atoms with Crippen molar-refractivity contribution in [3.8, 4) is 11.8 Å². The van der Waals surface area contributed by atoms with Crippen LogP contribution in [0.2, 0.25) is 0 Å². The molecule has 1 N–H and O–H groups in total. The Morgan fingerprint density at radius 3 is 2.59 bits per heavy atom. The molecular formula is C19H24BrFO. The Hall–Kier alpha value is -0.850. The molecule has 0 heterocycles. The van der Waals surface area contributed by atoms with Crippen LogP contribution in [0.25, 0.3) is 0 Å². The number of rotatable bonds is 4. The van der Waals surface area contributed by atoms with E-state index in [0.717, 1.165) is 12.3 Å². The first-order chi connectivity index (χ1) is 10.6. The summed E-state index contributed by atoms with van der Waals surface area (Å²) in [5.41, 5.74) is 0.603. The lowest BCUT2D eigenvalue weighted by Crippen LogP contribution is -2.19. The van der Waals surface area contributed by atoms with E-state index in [2.05, 4.69) is 34.7 Å². The molecular weight excluding hydrogens is 343 g/mol. The number of hydrogen-bond acceptors (Lipinski definition) is 1. The van der Waals surface area contributed by atoms with Gasteiger partial charge in [-0.1, -0.05) is 57.3 Å². The summed E-state index contributed by atoms with van der Waals surface area (Å²) < 4.78 is 13.8. The molecule has 120 valence electrons. The highest BCUT2D eigenvalue weighted by Gasteiger charge is 2.22. The molecule has 1 unspecified atom stereocenters. The van der Waals surface area contributed by atoms with Crippen LogP contribution in [0.1, 0.15) is 57.4 Å². The zero-order chi connectivity index (χ0) is 15.9. The first kappa shape index (κ1) is 17.5. The molecule has 1 aromatic carbocycles. The first-order valence-electron chi connectivity index (χ1n) is 8.23. The van der Waals surface area contributed by atoms with Gasteiger partial charge in [-0.3, -0.25) is 0 Å². The highest BCUT2D eigenvalue weighted by Crippen LogP contribution is 2.33.